The van der Waals surface area contributed by atoms with Crippen molar-refractivity contribution >= 4 is 11.7 Å². The van der Waals surface area contributed by atoms with E-state index in [0.717, 1.165) is 30.8 Å². The number of hydrogen-bond acceptors (Lipinski definition) is 2. The van der Waals surface area contributed by atoms with Gasteiger partial charge in [-0.05, 0) is 32.4 Å². The van der Waals surface area contributed by atoms with Gasteiger partial charge in [0.2, 0.25) is 0 Å². The van der Waals surface area contributed by atoms with Gasteiger partial charge in [0.1, 0.15) is 0 Å². The normalized spacial score (nSPS) is 15.6. The molecule has 1 heterocycles. The molecule has 90 valence electrons. The topological polar surface area (TPSA) is 40.5 Å². The number of anilines is 1. The van der Waals surface area contributed by atoms with E-state index in [9.17, 15) is 9.90 Å². The van der Waals surface area contributed by atoms with E-state index < -0.39 is 5.97 Å². The van der Waals surface area contributed by atoms with Crippen molar-refractivity contribution in [3.05, 3.63) is 41.0 Å². The van der Waals surface area contributed by atoms with Gasteiger partial charge < -0.3 is 10.0 Å². The monoisotopic (exact) mass is 231 g/mol. The van der Waals surface area contributed by atoms with E-state index in [0.29, 0.717) is 5.56 Å². The van der Waals surface area contributed by atoms with Crippen LogP contribution < -0.4 is 4.90 Å². The average Bonchev–Trinajstić information content (AvgIpc) is 2.28. The molecule has 0 amide bonds. The minimum Gasteiger partial charge on any atom is -0.478 e. The Hall–Kier alpha value is -1.77. The molecule has 1 aliphatic rings. The van der Waals surface area contributed by atoms with Crippen LogP contribution in [0.15, 0.2) is 29.8 Å². The van der Waals surface area contributed by atoms with Crippen molar-refractivity contribution in [2.75, 3.05) is 18.0 Å². The maximum Gasteiger partial charge on any atom is 0.337 e. The standard InChI is InChI=1S/C14H17NO2/c1-10-5-6-13(12(8-10)14(16)17)15-7-3-4-11(2)9-15/h4-6,8H,3,7,9H2,1-2H3,(H,16,17). The SMILES string of the molecule is CC1=CCCN(c2ccc(C)cc2C(=O)O)C1. The summed E-state index contributed by atoms with van der Waals surface area (Å²) in [4.78, 5) is 13.4. The summed E-state index contributed by atoms with van der Waals surface area (Å²) < 4.78 is 0. The average molecular weight is 231 g/mol. The Kier molecular flexibility index (Phi) is 3.18. The Balaban J connectivity index is 2.38. The molecule has 17 heavy (non-hydrogen) atoms. The summed E-state index contributed by atoms with van der Waals surface area (Å²) in [5.74, 6) is -0.851. The van der Waals surface area contributed by atoms with Crippen LogP contribution >= 0.6 is 0 Å². The fourth-order valence-corrected chi connectivity index (χ4v) is 2.21. The molecule has 3 heteroatoms. The first-order valence-corrected chi connectivity index (χ1v) is 5.82. The van der Waals surface area contributed by atoms with E-state index >= 15 is 0 Å². The summed E-state index contributed by atoms with van der Waals surface area (Å²) in [5.41, 5.74) is 3.51. The van der Waals surface area contributed by atoms with Crippen LogP contribution in [-0.4, -0.2) is 24.2 Å². The maximum absolute atomic E-state index is 11.3. The molecular formula is C14H17NO2. The Labute approximate surface area is 101 Å². The van der Waals surface area contributed by atoms with Gasteiger partial charge in [0, 0.05) is 13.1 Å². The predicted molar refractivity (Wildman–Crippen MR) is 68.7 cm³/mol. The second-order valence-electron chi connectivity index (χ2n) is 4.59. The minimum absolute atomic E-state index is 0.403. The van der Waals surface area contributed by atoms with Gasteiger partial charge in [-0.15, -0.1) is 0 Å². The molecule has 1 N–H and O–H groups in total. The van der Waals surface area contributed by atoms with Crippen LogP contribution in [0.3, 0.4) is 0 Å². The summed E-state index contributed by atoms with van der Waals surface area (Å²) >= 11 is 0. The minimum atomic E-state index is -0.851. The fraction of sp³-hybridized carbons (Fsp3) is 0.357. The van der Waals surface area contributed by atoms with Gasteiger partial charge in [-0.2, -0.15) is 0 Å². The molecule has 0 unspecified atom stereocenters. The highest BCUT2D eigenvalue weighted by Gasteiger charge is 2.17. The van der Waals surface area contributed by atoms with Gasteiger partial charge in [-0.3, -0.25) is 0 Å². The number of rotatable bonds is 2. The molecule has 1 aromatic rings. The zero-order valence-electron chi connectivity index (χ0n) is 10.2. The highest BCUT2D eigenvalue weighted by molar-refractivity contribution is 5.94. The lowest BCUT2D eigenvalue weighted by Crippen LogP contribution is -2.30. The van der Waals surface area contributed by atoms with Gasteiger partial charge in [0.25, 0.3) is 0 Å². The van der Waals surface area contributed by atoms with Crippen molar-refractivity contribution in [1.82, 2.24) is 0 Å². The molecule has 0 spiro atoms. The van der Waals surface area contributed by atoms with E-state index in [1.54, 1.807) is 6.07 Å². The van der Waals surface area contributed by atoms with Crippen molar-refractivity contribution in [2.45, 2.75) is 20.3 Å². The molecule has 0 saturated heterocycles. The third kappa shape index (κ3) is 2.49. The lowest BCUT2D eigenvalue weighted by molar-refractivity contribution is 0.0697. The molecule has 1 aromatic carbocycles. The molecule has 0 fully saturated rings. The molecule has 0 aromatic heterocycles. The number of carbonyl (C=O) groups is 1. The van der Waals surface area contributed by atoms with Crippen molar-refractivity contribution in [3.8, 4) is 0 Å². The van der Waals surface area contributed by atoms with Gasteiger partial charge in [-0.25, -0.2) is 4.79 Å². The summed E-state index contributed by atoms with van der Waals surface area (Å²) in [5, 5.41) is 9.25. The van der Waals surface area contributed by atoms with Crippen molar-refractivity contribution in [2.24, 2.45) is 0 Å². The number of aromatic carboxylic acids is 1. The van der Waals surface area contributed by atoms with Gasteiger partial charge >= 0.3 is 5.97 Å². The van der Waals surface area contributed by atoms with Crippen LogP contribution in [-0.2, 0) is 0 Å². The van der Waals surface area contributed by atoms with Crippen LogP contribution in [0, 0.1) is 6.92 Å². The molecule has 0 bridgehead atoms. The lowest BCUT2D eigenvalue weighted by atomic mass is 10.1. The van der Waals surface area contributed by atoms with Crippen molar-refractivity contribution in [1.29, 1.82) is 0 Å². The second kappa shape index (κ2) is 4.62. The summed E-state index contributed by atoms with van der Waals surface area (Å²) in [6, 6.07) is 5.62. The van der Waals surface area contributed by atoms with E-state index in [4.69, 9.17) is 0 Å². The Bertz CT molecular complexity index is 477. The number of hydrogen-bond donors (Lipinski definition) is 1. The van der Waals surface area contributed by atoms with E-state index in [2.05, 4.69) is 17.9 Å². The zero-order valence-corrected chi connectivity index (χ0v) is 10.2. The summed E-state index contributed by atoms with van der Waals surface area (Å²) in [6.07, 6.45) is 3.20. The van der Waals surface area contributed by atoms with Gasteiger partial charge in [0.15, 0.2) is 0 Å². The first-order chi connectivity index (χ1) is 8.08. The highest BCUT2D eigenvalue weighted by atomic mass is 16.4. The first-order valence-electron chi connectivity index (χ1n) is 5.82. The number of carboxylic acid groups (broad SMARTS) is 1. The van der Waals surface area contributed by atoms with Crippen molar-refractivity contribution < 1.29 is 9.90 Å². The molecule has 0 saturated carbocycles. The van der Waals surface area contributed by atoms with E-state index in [1.807, 2.05) is 19.1 Å². The van der Waals surface area contributed by atoms with Crippen LogP contribution in [0.25, 0.3) is 0 Å². The number of nitrogens with zero attached hydrogens (tertiary/aromatic N) is 1. The highest BCUT2D eigenvalue weighted by Crippen LogP contribution is 2.25. The predicted octanol–water partition coefficient (Wildman–Crippen LogP) is 2.85. The lowest BCUT2D eigenvalue weighted by Gasteiger charge is -2.29. The van der Waals surface area contributed by atoms with Gasteiger partial charge in [-0.1, -0.05) is 23.3 Å². The molecule has 1 aliphatic heterocycles. The van der Waals surface area contributed by atoms with Crippen LogP contribution in [0.2, 0.25) is 0 Å². The molecule has 2 rings (SSSR count). The fourth-order valence-electron chi connectivity index (χ4n) is 2.21. The molecule has 0 atom stereocenters. The second-order valence-corrected chi connectivity index (χ2v) is 4.59. The number of benzene rings is 1. The largest absolute Gasteiger partial charge is 0.478 e. The van der Waals surface area contributed by atoms with Crippen LogP contribution in [0.5, 0.6) is 0 Å². The number of carboxylic acids is 1. The van der Waals surface area contributed by atoms with E-state index in [1.165, 1.54) is 5.57 Å². The van der Waals surface area contributed by atoms with Gasteiger partial charge in [0.05, 0.1) is 11.3 Å². The Morgan fingerprint density at radius 2 is 2.12 bits per heavy atom. The van der Waals surface area contributed by atoms with E-state index in [-0.39, 0.29) is 0 Å². The van der Waals surface area contributed by atoms with Crippen LogP contribution in [0.1, 0.15) is 29.3 Å². The maximum atomic E-state index is 11.3. The first kappa shape index (κ1) is 11.7. The summed E-state index contributed by atoms with van der Waals surface area (Å²) in [6.45, 7) is 5.71. The zero-order chi connectivity index (χ0) is 12.4. The molecular weight excluding hydrogens is 214 g/mol. The molecule has 0 aliphatic carbocycles. The third-order valence-electron chi connectivity index (χ3n) is 3.06. The smallest absolute Gasteiger partial charge is 0.337 e. The Morgan fingerprint density at radius 1 is 1.35 bits per heavy atom. The van der Waals surface area contributed by atoms with Crippen molar-refractivity contribution in [3.63, 3.8) is 0 Å². The Morgan fingerprint density at radius 3 is 2.76 bits per heavy atom. The molecule has 3 nitrogen and oxygen atoms in total. The van der Waals surface area contributed by atoms with Crippen LogP contribution in [0.4, 0.5) is 5.69 Å². The quantitative estimate of drug-likeness (QED) is 0.796. The molecule has 0 radical (unpaired) electrons. The number of aryl methyl sites for hydroxylation is 1. The third-order valence-corrected chi connectivity index (χ3v) is 3.06. The summed E-state index contributed by atoms with van der Waals surface area (Å²) in [7, 11) is 0.